The lowest BCUT2D eigenvalue weighted by Crippen LogP contribution is -2.51. The Morgan fingerprint density at radius 3 is 1.82 bits per heavy atom. The third-order valence-electron chi connectivity index (χ3n) is 15.2. The highest BCUT2D eigenvalue weighted by Crippen LogP contribution is 2.53. The number of nitrogens with one attached hydrogen (secondary N) is 4. The van der Waals surface area contributed by atoms with E-state index in [0.29, 0.717) is 12.4 Å². The van der Waals surface area contributed by atoms with Crippen LogP contribution in [0.25, 0.3) is 44.8 Å². The van der Waals surface area contributed by atoms with Gasteiger partial charge < -0.3 is 35.0 Å². The molecule has 0 bridgehead atoms. The Morgan fingerprint density at radius 2 is 1.22 bits per heavy atom. The summed E-state index contributed by atoms with van der Waals surface area (Å²) in [6.45, 7) is 8.24. The van der Waals surface area contributed by atoms with Gasteiger partial charge in [0, 0.05) is 29.4 Å². The van der Waals surface area contributed by atoms with E-state index in [-0.39, 0.29) is 52.6 Å². The number of carbonyl (C=O) groups excluding carboxylic acids is 5. The first kappa shape index (κ1) is 46.5. The van der Waals surface area contributed by atoms with Crippen molar-refractivity contribution in [2.45, 2.75) is 116 Å². The van der Waals surface area contributed by atoms with Crippen molar-refractivity contribution in [1.29, 1.82) is 0 Å². The van der Waals surface area contributed by atoms with Crippen LogP contribution in [-0.4, -0.2) is 87.3 Å². The number of methoxy groups -OCH3 is 2. The second kappa shape index (κ2) is 19.2. The van der Waals surface area contributed by atoms with Crippen LogP contribution in [-0.2, 0) is 25.5 Å². The Kier molecular flexibility index (Phi) is 13.1. The summed E-state index contributed by atoms with van der Waals surface area (Å²) in [4.78, 5) is 84.7. The molecule has 4 N–H and O–H groups in total. The molecule has 1 aliphatic heterocycles. The Labute approximate surface area is 397 Å². The van der Waals surface area contributed by atoms with Gasteiger partial charge in [-0.1, -0.05) is 108 Å². The maximum absolute atomic E-state index is 14.7. The number of alkyl carbamates (subject to hydrolysis) is 2. The van der Waals surface area contributed by atoms with Crippen molar-refractivity contribution in [3.8, 4) is 44.8 Å². The monoisotopic (exact) mass is 921 g/mol. The Morgan fingerprint density at radius 1 is 0.676 bits per heavy atom. The topological polar surface area (TPSA) is 188 Å². The van der Waals surface area contributed by atoms with Gasteiger partial charge in [0.25, 0.3) is 0 Å². The van der Waals surface area contributed by atoms with E-state index in [4.69, 9.17) is 19.4 Å². The van der Waals surface area contributed by atoms with Gasteiger partial charge in [-0.3, -0.25) is 14.4 Å². The zero-order chi connectivity index (χ0) is 47.9. The van der Waals surface area contributed by atoms with E-state index >= 15 is 0 Å². The predicted molar refractivity (Wildman–Crippen MR) is 259 cm³/mol. The van der Waals surface area contributed by atoms with Crippen LogP contribution in [0, 0.1) is 23.2 Å². The first-order valence-electron chi connectivity index (χ1n) is 24.4. The SMILES string of the molecule is COC(=O)NC(C(=O)C1CCC[C@H]1c1ncc(-c2ccc(-c3ccc(-c4ccc(-c5cnc([C@@H]6CCCN6C(=O)[C@@H](NC(=O)OC)C(C)C)[nH]5)cc4)c4c3CC3(CCCC3)C4=O)cc2)[nH]1)C(C)C. The first-order valence-corrected chi connectivity index (χ1v) is 24.4. The molecule has 14 heteroatoms. The Bertz CT molecular complexity index is 2700. The van der Waals surface area contributed by atoms with E-state index in [1.54, 1.807) is 6.20 Å². The number of nitrogens with zero attached hydrogens (tertiary/aromatic N) is 3. The molecule has 5 atom stereocenters. The normalized spacial score (nSPS) is 20.5. The van der Waals surface area contributed by atoms with E-state index in [9.17, 15) is 24.0 Å². The zero-order valence-corrected chi connectivity index (χ0v) is 39.9. The fraction of sp³-hybridized carbons (Fsp3) is 0.463. The molecule has 5 aromatic rings. The second-order valence-corrected chi connectivity index (χ2v) is 20.0. The summed E-state index contributed by atoms with van der Waals surface area (Å²) in [6.07, 6.45) is 11.1. The largest absolute Gasteiger partial charge is 0.453 e. The highest BCUT2D eigenvalue weighted by Gasteiger charge is 2.49. The molecule has 3 amide bonds. The summed E-state index contributed by atoms with van der Waals surface area (Å²) in [5.74, 6) is 1.09. The summed E-state index contributed by atoms with van der Waals surface area (Å²) in [6, 6.07) is 19.4. The number of rotatable bonds is 13. The van der Waals surface area contributed by atoms with E-state index in [1.807, 2.05) is 38.8 Å². The average Bonchev–Trinajstić information content (AvgIpc) is 4.22. The van der Waals surface area contributed by atoms with Crippen LogP contribution >= 0.6 is 0 Å². The molecule has 9 rings (SSSR count). The molecular weight excluding hydrogens is 859 g/mol. The van der Waals surface area contributed by atoms with Crippen LogP contribution in [0.3, 0.4) is 0 Å². The molecule has 3 aromatic carbocycles. The van der Waals surface area contributed by atoms with Crippen LogP contribution in [0.5, 0.6) is 0 Å². The van der Waals surface area contributed by atoms with Crippen molar-refractivity contribution in [3.05, 3.63) is 95.8 Å². The van der Waals surface area contributed by atoms with Gasteiger partial charge in [0.15, 0.2) is 11.6 Å². The molecule has 1 spiro atoms. The zero-order valence-electron chi connectivity index (χ0n) is 39.9. The number of likely N-dealkylation sites (tertiary alicyclic amines) is 1. The number of imidazole rings is 2. The van der Waals surface area contributed by atoms with Crippen LogP contribution < -0.4 is 10.6 Å². The minimum Gasteiger partial charge on any atom is -0.453 e. The van der Waals surface area contributed by atoms with Crippen LogP contribution in [0.1, 0.15) is 125 Å². The number of carbonyl (C=O) groups is 5. The number of aromatic amines is 2. The minimum atomic E-state index is -0.709. The molecule has 2 unspecified atom stereocenters. The van der Waals surface area contributed by atoms with Gasteiger partial charge in [0.2, 0.25) is 5.91 Å². The Hall–Kier alpha value is -6.57. The molecule has 3 fully saturated rings. The lowest BCUT2D eigenvalue weighted by Gasteiger charge is -2.30. The number of H-pyrrole nitrogens is 2. The lowest BCUT2D eigenvalue weighted by molar-refractivity contribution is -0.135. The summed E-state index contributed by atoms with van der Waals surface area (Å²) >= 11 is 0. The molecule has 3 aliphatic carbocycles. The number of ketones is 2. The maximum Gasteiger partial charge on any atom is 0.407 e. The molecular formula is C54H63N7O7. The van der Waals surface area contributed by atoms with Gasteiger partial charge in [-0.25, -0.2) is 19.6 Å². The van der Waals surface area contributed by atoms with E-state index < -0.39 is 24.3 Å². The smallest absolute Gasteiger partial charge is 0.407 e. The minimum absolute atomic E-state index is 0.0175. The van der Waals surface area contributed by atoms with Gasteiger partial charge in [0.1, 0.15) is 17.7 Å². The van der Waals surface area contributed by atoms with Gasteiger partial charge >= 0.3 is 12.2 Å². The number of hydrogen-bond acceptors (Lipinski definition) is 9. The molecule has 0 radical (unpaired) electrons. The molecule has 2 aromatic heterocycles. The van der Waals surface area contributed by atoms with Gasteiger partial charge in [-0.15, -0.1) is 0 Å². The molecule has 2 saturated carbocycles. The third-order valence-corrected chi connectivity index (χ3v) is 15.2. The van der Waals surface area contributed by atoms with Gasteiger partial charge in [0.05, 0.1) is 50.1 Å². The summed E-state index contributed by atoms with van der Waals surface area (Å²) in [7, 11) is 2.60. The van der Waals surface area contributed by atoms with Crippen molar-refractivity contribution in [2.75, 3.05) is 20.8 Å². The lowest BCUT2D eigenvalue weighted by atomic mass is 9.81. The van der Waals surface area contributed by atoms with Crippen molar-refractivity contribution < 1.29 is 33.4 Å². The number of benzene rings is 3. The van der Waals surface area contributed by atoms with Gasteiger partial charge in [-0.05, 0) is 95.7 Å². The summed E-state index contributed by atoms with van der Waals surface area (Å²) in [5.41, 5.74) is 9.24. The number of fused-ring (bicyclic) bond motifs is 1. The quantitative estimate of drug-likeness (QED) is 0.0891. The van der Waals surface area contributed by atoms with Crippen molar-refractivity contribution in [1.82, 2.24) is 35.5 Å². The molecule has 3 heterocycles. The molecule has 356 valence electrons. The molecule has 4 aliphatic rings. The molecule has 1 saturated heterocycles. The second-order valence-electron chi connectivity index (χ2n) is 20.0. The predicted octanol–water partition coefficient (Wildman–Crippen LogP) is 9.98. The summed E-state index contributed by atoms with van der Waals surface area (Å²) < 4.78 is 9.61. The van der Waals surface area contributed by atoms with Crippen LogP contribution in [0.15, 0.2) is 73.1 Å². The number of ether oxygens (including phenoxy) is 2. The highest BCUT2D eigenvalue weighted by molar-refractivity contribution is 6.11. The fourth-order valence-electron chi connectivity index (χ4n) is 11.5. The number of aromatic nitrogens is 4. The standard InChI is InChI=1S/C54H63N7O7/c1-30(2)45(59-52(65)67-5)47(62)38-11-9-12-39(38)49-55-28-41(57-49)34-18-14-32(15-19-34)36-22-23-37(44-40(36)27-54(48(44)63)24-7-8-25-54)33-16-20-35(21-17-33)42-29-56-50(58-42)43-13-10-26-61(43)51(64)46(31(3)4)60-53(66)68-6/h14-23,28-31,38-39,43,45-46H,7-13,24-27H2,1-6H3,(H,55,57)(H,56,58)(H,59,65)(H,60,66)/t38?,39-,43+,45?,46+/m1/s1. The van der Waals surface area contributed by atoms with Crippen molar-refractivity contribution >= 4 is 29.7 Å². The number of Topliss-reactive ketones (excluding diaryl/α,β-unsaturated/α-hetero) is 2. The highest BCUT2D eigenvalue weighted by atomic mass is 16.5. The number of hydrogen-bond donors (Lipinski definition) is 4. The van der Waals surface area contributed by atoms with E-state index in [1.165, 1.54) is 14.2 Å². The van der Waals surface area contributed by atoms with Gasteiger partial charge in [-0.2, -0.15) is 0 Å². The Balaban J connectivity index is 0.942. The number of amides is 3. The maximum atomic E-state index is 14.7. The van der Waals surface area contributed by atoms with Crippen molar-refractivity contribution in [3.63, 3.8) is 0 Å². The van der Waals surface area contributed by atoms with E-state index in [0.717, 1.165) is 126 Å². The van der Waals surface area contributed by atoms with E-state index in [2.05, 4.69) is 81.3 Å². The van der Waals surface area contributed by atoms with Crippen LogP contribution in [0.4, 0.5) is 9.59 Å². The first-order chi connectivity index (χ1) is 32.8. The van der Waals surface area contributed by atoms with Crippen molar-refractivity contribution in [2.24, 2.45) is 23.2 Å². The summed E-state index contributed by atoms with van der Waals surface area (Å²) in [5, 5.41) is 5.47. The third kappa shape index (κ3) is 8.73. The average molecular weight is 922 g/mol. The molecule has 14 nitrogen and oxygen atoms in total. The molecule has 68 heavy (non-hydrogen) atoms. The van der Waals surface area contributed by atoms with Crippen LogP contribution in [0.2, 0.25) is 0 Å². The fourth-order valence-corrected chi connectivity index (χ4v) is 11.5.